The van der Waals surface area contributed by atoms with Gasteiger partial charge in [0.25, 0.3) is 0 Å². The number of benzene rings is 1. The number of pyridine rings is 1. The third-order valence-electron chi connectivity index (χ3n) is 5.91. The SMILES string of the molecule is Cc1[nH]ncc1C(c1ccccn1)N1CCN(c2nccnc2-c2ccc(F)cc2)CC1.Cl. The third kappa shape index (κ3) is 4.72. The number of halogens is 2. The molecule has 1 saturated heterocycles. The van der Waals surface area contributed by atoms with Gasteiger partial charge in [-0.15, -0.1) is 12.4 Å². The molecule has 170 valence electrons. The molecule has 1 N–H and O–H groups in total. The van der Waals surface area contributed by atoms with Gasteiger partial charge in [-0.3, -0.25) is 20.0 Å². The lowest BCUT2D eigenvalue weighted by molar-refractivity contribution is 0.208. The van der Waals surface area contributed by atoms with Crippen molar-refractivity contribution >= 4 is 18.2 Å². The minimum Gasteiger partial charge on any atom is -0.352 e. The molecule has 0 radical (unpaired) electrons. The van der Waals surface area contributed by atoms with Crippen molar-refractivity contribution in [3.63, 3.8) is 0 Å². The molecule has 1 aliphatic rings. The fourth-order valence-corrected chi connectivity index (χ4v) is 4.28. The molecule has 1 aromatic carbocycles. The summed E-state index contributed by atoms with van der Waals surface area (Å²) in [4.78, 5) is 18.5. The van der Waals surface area contributed by atoms with Crippen molar-refractivity contribution < 1.29 is 4.39 Å². The van der Waals surface area contributed by atoms with E-state index in [-0.39, 0.29) is 24.3 Å². The predicted molar refractivity (Wildman–Crippen MR) is 128 cm³/mol. The Morgan fingerprint density at radius 1 is 0.909 bits per heavy atom. The van der Waals surface area contributed by atoms with Gasteiger partial charge in [0.05, 0.1) is 17.9 Å². The highest BCUT2D eigenvalue weighted by Crippen LogP contribution is 2.32. The van der Waals surface area contributed by atoms with Crippen LogP contribution in [-0.4, -0.2) is 56.2 Å². The number of nitrogens with zero attached hydrogens (tertiary/aromatic N) is 6. The summed E-state index contributed by atoms with van der Waals surface area (Å²) in [7, 11) is 0. The standard InChI is InChI=1S/C24H24FN7.ClH/c1-17-20(16-29-30-17)23(21-4-2-3-9-26-21)31-12-14-32(15-13-31)24-22(27-10-11-28-24)18-5-7-19(25)8-6-18;/h2-11,16,23H,12-15H2,1H3,(H,29,30);1H. The maximum atomic E-state index is 13.4. The summed E-state index contributed by atoms with van der Waals surface area (Å²) in [5.41, 5.74) is 4.83. The lowest BCUT2D eigenvalue weighted by Crippen LogP contribution is -2.48. The lowest BCUT2D eigenvalue weighted by atomic mass is 10.0. The van der Waals surface area contributed by atoms with E-state index in [1.165, 1.54) is 12.1 Å². The van der Waals surface area contributed by atoms with Crippen molar-refractivity contribution in [2.45, 2.75) is 13.0 Å². The molecule has 1 atom stereocenters. The Morgan fingerprint density at radius 2 is 1.67 bits per heavy atom. The number of rotatable bonds is 5. The zero-order valence-corrected chi connectivity index (χ0v) is 19.0. The quantitative estimate of drug-likeness (QED) is 0.479. The Labute approximate surface area is 198 Å². The summed E-state index contributed by atoms with van der Waals surface area (Å²) in [6.45, 7) is 5.32. The summed E-state index contributed by atoms with van der Waals surface area (Å²) in [6, 6.07) is 12.5. The van der Waals surface area contributed by atoms with Crippen molar-refractivity contribution in [2.75, 3.05) is 31.1 Å². The van der Waals surface area contributed by atoms with E-state index in [2.05, 4.69) is 41.0 Å². The zero-order chi connectivity index (χ0) is 21.9. The minimum atomic E-state index is -0.261. The topological polar surface area (TPSA) is 73.8 Å². The van der Waals surface area contributed by atoms with Crippen LogP contribution >= 0.6 is 12.4 Å². The summed E-state index contributed by atoms with van der Waals surface area (Å²) >= 11 is 0. The molecular formula is C24H25ClFN7. The van der Waals surface area contributed by atoms with Crippen LogP contribution in [0.5, 0.6) is 0 Å². The average molecular weight is 466 g/mol. The normalized spacial score (nSPS) is 15.2. The van der Waals surface area contributed by atoms with Crippen LogP contribution in [0.15, 0.2) is 67.3 Å². The smallest absolute Gasteiger partial charge is 0.155 e. The van der Waals surface area contributed by atoms with Crippen LogP contribution in [-0.2, 0) is 0 Å². The van der Waals surface area contributed by atoms with Gasteiger partial charge in [-0.1, -0.05) is 6.07 Å². The predicted octanol–water partition coefficient (Wildman–Crippen LogP) is 4.04. The first kappa shape index (κ1) is 22.8. The van der Waals surface area contributed by atoms with Gasteiger partial charge in [0.2, 0.25) is 0 Å². The van der Waals surface area contributed by atoms with E-state index in [1.807, 2.05) is 31.5 Å². The van der Waals surface area contributed by atoms with Crippen molar-refractivity contribution in [3.8, 4) is 11.3 Å². The maximum absolute atomic E-state index is 13.4. The number of nitrogens with one attached hydrogen (secondary N) is 1. The summed E-state index contributed by atoms with van der Waals surface area (Å²) in [5, 5.41) is 7.30. The molecule has 1 unspecified atom stereocenters. The summed E-state index contributed by atoms with van der Waals surface area (Å²) < 4.78 is 13.4. The van der Waals surface area contributed by atoms with E-state index in [0.717, 1.165) is 60.2 Å². The Morgan fingerprint density at radius 3 is 2.33 bits per heavy atom. The minimum absolute atomic E-state index is 0. The molecule has 3 aromatic heterocycles. The summed E-state index contributed by atoms with van der Waals surface area (Å²) in [6.07, 6.45) is 7.12. The van der Waals surface area contributed by atoms with E-state index in [0.29, 0.717) is 0 Å². The average Bonchev–Trinajstić information content (AvgIpc) is 3.26. The van der Waals surface area contributed by atoms with Gasteiger partial charge in [0.15, 0.2) is 5.82 Å². The van der Waals surface area contributed by atoms with Crippen LogP contribution in [0.2, 0.25) is 0 Å². The first-order chi connectivity index (χ1) is 15.7. The van der Waals surface area contributed by atoms with Gasteiger partial charge in [-0.2, -0.15) is 5.10 Å². The van der Waals surface area contributed by atoms with Crippen LogP contribution in [0.4, 0.5) is 10.2 Å². The van der Waals surface area contributed by atoms with Crippen LogP contribution in [0.1, 0.15) is 23.0 Å². The molecule has 0 amide bonds. The first-order valence-electron chi connectivity index (χ1n) is 10.7. The second-order valence-electron chi connectivity index (χ2n) is 7.87. The Bertz CT molecular complexity index is 1170. The van der Waals surface area contributed by atoms with Gasteiger partial charge in [-0.25, -0.2) is 9.37 Å². The Kier molecular flexibility index (Phi) is 6.96. The Balaban J connectivity index is 0.00000259. The van der Waals surface area contributed by atoms with Crippen LogP contribution in [0.3, 0.4) is 0 Å². The van der Waals surface area contributed by atoms with Gasteiger partial charge in [-0.05, 0) is 43.3 Å². The molecule has 33 heavy (non-hydrogen) atoms. The molecule has 0 spiro atoms. The molecule has 1 fully saturated rings. The number of H-pyrrole nitrogens is 1. The fraction of sp³-hybridized carbons (Fsp3) is 0.250. The van der Waals surface area contributed by atoms with E-state index < -0.39 is 0 Å². The molecule has 4 heterocycles. The third-order valence-corrected chi connectivity index (χ3v) is 5.91. The van der Waals surface area contributed by atoms with Crippen molar-refractivity contribution in [3.05, 3.63) is 90.0 Å². The highest BCUT2D eigenvalue weighted by Gasteiger charge is 2.30. The molecule has 9 heteroatoms. The van der Waals surface area contributed by atoms with Gasteiger partial charge < -0.3 is 4.90 Å². The lowest BCUT2D eigenvalue weighted by Gasteiger charge is -2.39. The number of anilines is 1. The number of hydrogen-bond acceptors (Lipinski definition) is 6. The van der Waals surface area contributed by atoms with Gasteiger partial charge in [0, 0.05) is 61.6 Å². The number of piperazine rings is 1. The molecule has 4 aromatic rings. The number of aryl methyl sites for hydroxylation is 1. The number of aromatic nitrogens is 5. The molecular weight excluding hydrogens is 441 g/mol. The first-order valence-corrected chi connectivity index (χ1v) is 10.7. The number of hydrogen-bond donors (Lipinski definition) is 1. The Hall–Kier alpha value is -3.36. The van der Waals surface area contributed by atoms with Crippen molar-refractivity contribution in [2.24, 2.45) is 0 Å². The highest BCUT2D eigenvalue weighted by molar-refractivity contribution is 5.85. The number of aromatic amines is 1. The van der Waals surface area contributed by atoms with Crippen molar-refractivity contribution in [1.82, 2.24) is 30.0 Å². The van der Waals surface area contributed by atoms with Gasteiger partial charge >= 0.3 is 0 Å². The van der Waals surface area contributed by atoms with Crippen LogP contribution < -0.4 is 4.90 Å². The maximum Gasteiger partial charge on any atom is 0.155 e. The van der Waals surface area contributed by atoms with Crippen LogP contribution in [0, 0.1) is 12.7 Å². The molecule has 0 saturated carbocycles. The molecule has 1 aliphatic heterocycles. The molecule has 0 bridgehead atoms. The highest BCUT2D eigenvalue weighted by atomic mass is 35.5. The molecule has 0 aliphatic carbocycles. The van der Waals surface area contributed by atoms with Crippen molar-refractivity contribution in [1.29, 1.82) is 0 Å². The van der Waals surface area contributed by atoms with E-state index in [9.17, 15) is 4.39 Å². The van der Waals surface area contributed by atoms with E-state index in [1.54, 1.807) is 24.5 Å². The molecule has 7 nitrogen and oxygen atoms in total. The van der Waals surface area contributed by atoms with Crippen LogP contribution in [0.25, 0.3) is 11.3 Å². The monoisotopic (exact) mass is 465 g/mol. The molecule has 5 rings (SSSR count). The van der Waals surface area contributed by atoms with Gasteiger partial charge in [0.1, 0.15) is 11.5 Å². The van der Waals surface area contributed by atoms with E-state index >= 15 is 0 Å². The second kappa shape index (κ2) is 10.1. The zero-order valence-electron chi connectivity index (χ0n) is 18.2. The largest absolute Gasteiger partial charge is 0.352 e. The fourth-order valence-electron chi connectivity index (χ4n) is 4.28. The second-order valence-corrected chi connectivity index (χ2v) is 7.87. The summed E-state index contributed by atoms with van der Waals surface area (Å²) in [5.74, 6) is 0.565. The van der Waals surface area contributed by atoms with E-state index in [4.69, 9.17) is 0 Å².